The zero-order valence-corrected chi connectivity index (χ0v) is 3.13. The van der Waals surface area contributed by atoms with Crippen molar-refractivity contribution in [2.45, 2.75) is 0 Å². The summed E-state index contributed by atoms with van der Waals surface area (Å²) in [5.74, 6) is 0. The Morgan fingerprint density at radius 3 is 2.67 bits per heavy atom. The molecule has 0 aromatic heterocycles. The molecule has 0 aliphatic rings. The highest BCUT2D eigenvalue weighted by molar-refractivity contribution is 5.58. The van der Waals surface area contributed by atoms with E-state index in [0.29, 0.717) is 0 Å². The highest BCUT2D eigenvalue weighted by Gasteiger charge is 1.65. The van der Waals surface area contributed by atoms with Gasteiger partial charge in [0.25, 0.3) is 0 Å². The summed E-state index contributed by atoms with van der Waals surface area (Å²) in [4.78, 5) is 0. The minimum atomic E-state index is 0.177. The Balaban J connectivity index is 2.66. The first-order chi connectivity index (χ1) is 2.91. The van der Waals surface area contributed by atoms with Gasteiger partial charge in [0, 0.05) is 0 Å². The molecule has 0 amide bonds. The maximum atomic E-state index is 7.74. The minimum absolute atomic E-state index is 0.177. The van der Waals surface area contributed by atoms with Gasteiger partial charge in [-0.2, -0.15) is 0 Å². The summed E-state index contributed by atoms with van der Waals surface area (Å²) in [5, 5.41) is 17.9. The molecule has 4 heteroatoms. The van der Waals surface area contributed by atoms with E-state index in [4.69, 9.17) is 10.4 Å². The lowest BCUT2D eigenvalue weighted by atomic mass is 10.8. The molecular formula is C2H6N2O2. The Morgan fingerprint density at radius 1 is 1.83 bits per heavy atom. The quantitative estimate of drug-likeness (QED) is 0.241. The average molecular weight is 90.1 g/mol. The van der Waals surface area contributed by atoms with Gasteiger partial charge in [-0.05, 0) is 0 Å². The van der Waals surface area contributed by atoms with Crippen LogP contribution in [0.5, 0.6) is 0 Å². The first kappa shape index (κ1) is 5.39. The monoisotopic (exact) mass is 90.0 g/mol. The molecule has 3 N–H and O–H groups in total. The van der Waals surface area contributed by atoms with Crippen molar-refractivity contribution in [1.82, 2.24) is 5.48 Å². The predicted molar refractivity (Wildman–Crippen MR) is 20.1 cm³/mol. The Hall–Kier alpha value is -0.610. The molecule has 0 atom stereocenters. The first-order valence-corrected chi connectivity index (χ1v) is 1.44. The van der Waals surface area contributed by atoms with E-state index in [-0.39, 0.29) is 6.54 Å². The number of nitrogens with one attached hydrogen (secondary N) is 1. The number of hydrogen-bond donors (Lipinski definition) is 3. The van der Waals surface area contributed by atoms with E-state index in [9.17, 15) is 0 Å². The van der Waals surface area contributed by atoms with Gasteiger partial charge in [0.2, 0.25) is 0 Å². The number of rotatable bonds is 2. The van der Waals surface area contributed by atoms with Crippen molar-refractivity contribution in [3.63, 3.8) is 0 Å². The summed E-state index contributed by atoms with van der Waals surface area (Å²) in [6, 6.07) is 0. The van der Waals surface area contributed by atoms with Crippen molar-refractivity contribution < 1.29 is 10.4 Å². The highest BCUT2D eigenvalue weighted by Crippen LogP contribution is 1.45. The van der Waals surface area contributed by atoms with Crippen LogP contribution in [-0.2, 0) is 0 Å². The lowest BCUT2D eigenvalue weighted by Crippen LogP contribution is -2.08. The van der Waals surface area contributed by atoms with Crippen molar-refractivity contribution in [3.05, 3.63) is 0 Å². The van der Waals surface area contributed by atoms with Gasteiger partial charge in [-0.1, -0.05) is 0 Å². The van der Waals surface area contributed by atoms with Gasteiger partial charge >= 0.3 is 0 Å². The zero-order chi connectivity index (χ0) is 4.83. The largest absolute Gasteiger partial charge is 0.411 e. The van der Waals surface area contributed by atoms with Crippen LogP contribution in [0.3, 0.4) is 0 Å². The van der Waals surface area contributed by atoms with Crippen molar-refractivity contribution in [3.8, 4) is 0 Å². The third kappa shape index (κ3) is 3.39. The Kier molecular flexibility index (Phi) is 3.94. The maximum absolute atomic E-state index is 7.74. The van der Waals surface area contributed by atoms with Crippen LogP contribution in [0.4, 0.5) is 0 Å². The molecule has 0 aliphatic carbocycles. The summed E-state index contributed by atoms with van der Waals surface area (Å²) in [6.45, 7) is 0.177. The van der Waals surface area contributed by atoms with E-state index < -0.39 is 0 Å². The molecule has 0 heterocycles. The highest BCUT2D eigenvalue weighted by atomic mass is 16.5. The Morgan fingerprint density at radius 2 is 2.50 bits per heavy atom. The third-order valence-electron chi connectivity index (χ3n) is 0.264. The fourth-order valence-corrected chi connectivity index (χ4v) is 0.0816. The van der Waals surface area contributed by atoms with E-state index in [1.807, 2.05) is 0 Å². The molecule has 0 aliphatic heterocycles. The normalized spacial score (nSPS) is 10.2. The maximum Gasteiger partial charge on any atom is 0.0597 e. The van der Waals surface area contributed by atoms with E-state index in [2.05, 4.69) is 5.16 Å². The van der Waals surface area contributed by atoms with Gasteiger partial charge in [-0.15, -0.1) is 5.16 Å². The van der Waals surface area contributed by atoms with Crippen LogP contribution in [0, 0.1) is 0 Å². The predicted octanol–water partition coefficient (Wildman–Crippen LogP) is -0.575. The lowest BCUT2D eigenvalue weighted by molar-refractivity contribution is 0.183. The van der Waals surface area contributed by atoms with Crippen LogP contribution in [0.2, 0.25) is 0 Å². The van der Waals surface area contributed by atoms with Crippen molar-refractivity contribution in [1.29, 1.82) is 0 Å². The van der Waals surface area contributed by atoms with Gasteiger partial charge < -0.3 is 10.4 Å². The molecule has 36 valence electrons. The van der Waals surface area contributed by atoms with E-state index in [1.165, 1.54) is 0 Å². The molecule has 0 rings (SSSR count). The summed E-state index contributed by atoms with van der Waals surface area (Å²) >= 11 is 0. The molecule has 6 heavy (non-hydrogen) atoms. The molecule has 0 saturated carbocycles. The van der Waals surface area contributed by atoms with Gasteiger partial charge in [-0.3, -0.25) is 0 Å². The zero-order valence-electron chi connectivity index (χ0n) is 3.13. The fourth-order valence-electron chi connectivity index (χ4n) is 0.0816. The van der Waals surface area contributed by atoms with Crippen LogP contribution in [0.25, 0.3) is 0 Å². The summed E-state index contributed by atoms with van der Waals surface area (Å²) in [5.41, 5.74) is 1.76. The molecular weight excluding hydrogens is 84.0 g/mol. The van der Waals surface area contributed by atoms with Crippen molar-refractivity contribution >= 4 is 6.21 Å². The smallest absolute Gasteiger partial charge is 0.0597 e. The molecule has 0 aromatic rings. The topological polar surface area (TPSA) is 64.9 Å². The second kappa shape index (κ2) is 4.39. The van der Waals surface area contributed by atoms with Crippen molar-refractivity contribution in [2.75, 3.05) is 6.54 Å². The van der Waals surface area contributed by atoms with Crippen LogP contribution < -0.4 is 5.48 Å². The molecule has 0 saturated heterocycles. The SMILES string of the molecule is ON=CCNO. The summed E-state index contributed by atoms with van der Waals surface area (Å²) in [7, 11) is 0. The van der Waals surface area contributed by atoms with Crippen LogP contribution in [0.15, 0.2) is 5.16 Å². The molecule has 0 bridgehead atoms. The van der Waals surface area contributed by atoms with Gasteiger partial charge in [0.05, 0.1) is 12.8 Å². The van der Waals surface area contributed by atoms with Crippen molar-refractivity contribution in [2.24, 2.45) is 5.16 Å². The van der Waals surface area contributed by atoms with E-state index in [1.54, 1.807) is 5.48 Å². The fraction of sp³-hybridized carbons (Fsp3) is 0.500. The summed E-state index contributed by atoms with van der Waals surface area (Å²) < 4.78 is 0. The lowest BCUT2D eigenvalue weighted by Gasteiger charge is -1.79. The number of hydrogen-bond acceptors (Lipinski definition) is 4. The van der Waals surface area contributed by atoms with Crippen LogP contribution in [0.1, 0.15) is 0 Å². The molecule has 4 nitrogen and oxygen atoms in total. The average Bonchev–Trinajstić information content (AvgIpc) is 1.61. The van der Waals surface area contributed by atoms with Crippen LogP contribution >= 0.6 is 0 Å². The number of nitrogens with zero attached hydrogens (tertiary/aromatic N) is 1. The molecule has 0 fully saturated rings. The second-order valence-corrected chi connectivity index (χ2v) is 0.660. The first-order valence-electron chi connectivity index (χ1n) is 1.44. The van der Waals surface area contributed by atoms with E-state index >= 15 is 0 Å². The summed E-state index contributed by atoms with van der Waals surface area (Å²) in [6.07, 6.45) is 1.12. The molecule has 0 unspecified atom stereocenters. The number of oxime groups is 1. The Labute approximate surface area is 35.0 Å². The third-order valence-corrected chi connectivity index (χ3v) is 0.264. The molecule has 0 radical (unpaired) electrons. The second-order valence-electron chi connectivity index (χ2n) is 0.660. The number of hydroxylamine groups is 1. The minimum Gasteiger partial charge on any atom is -0.411 e. The standard InChI is InChI=1S/C2H6N2O2/c5-3-1-2-4-6/h1,4-6H,2H2. The van der Waals surface area contributed by atoms with Gasteiger partial charge in [0.15, 0.2) is 0 Å². The van der Waals surface area contributed by atoms with Crippen LogP contribution in [-0.4, -0.2) is 23.2 Å². The van der Waals surface area contributed by atoms with E-state index in [0.717, 1.165) is 6.21 Å². The van der Waals surface area contributed by atoms with Gasteiger partial charge in [0.1, 0.15) is 0 Å². The molecule has 0 spiro atoms. The Bertz CT molecular complexity index is 44.8. The van der Waals surface area contributed by atoms with Gasteiger partial charge in [-0.25, -0.2) is 5.48 Å². The molecule has 0 aromatic carbocycles.